The van der Waals surface area contributed by atoms with Crippen molar-refractivity contribution in [3.05, 3.63) is 45.6 Å². The minimum Gasteiger partial charge on any atom is -0.504 e. The van der Waals surface area contributed by atoms with Crippen LogP contribution in [0.3, 0.4) is 0 Å². The number of phenolic OH excluding ortho intramolecular Hbond substituents is 1. The molecule has 0 aliphatic heterocycles. The molecule has 1 aliphatic carbocycles. The Balaban J connectivity index is 2.45. The Hall–Kier alpha value is -2.73. The van der Waals surface area contributed by atoms with Gasteiger partial charge in [0.25, 0.3) is 0 Å². The lowest BCUT2D eigenvalue weighted by molar-refractivity contribution is 0.286. The number of hydrogen-bond acceptors (Lipinski definition) is 6. The second-order valence-electron chi connectivity index (χ2n) is 6.79. The smallest absolute Gasteiger partial charge is 0.220 e. The van der Waals surface area contributed by atoms with E-state index in [2.05, 4.69) is 4.90 Å². The van der Waals surface area contributed by atoms with Crippen LogP contribution in [0.25, 0.3) is 11.1 Å². The monoisotopic (exact) mass is 371 g/mol. The van der Waals surface area contributed by atoms with E-state index in [-0.39, 0.29) is 28.7 Å². The van der Waals surface area contributed by atoms with Gasteiger partial charge in [0.15, 0.2) is 17.2 Å². The Labute approximate surface area is 158 Å². The Kier molecular flexibility index (Phi) is 5.28. The van der Waals surface area contributed by atoms with Gasteiger partial charge in [-0.1, -0.05) is 6.07 Å². The molecule has 0 fully saturated rings. The summed E-state index contributed by atoms with van der Waals surface area (Å²) in [5.41, 5.74) is 3.39. The van der Waals surface area contributed by atoms with Gasteiger partial charge in [0.1, 0.15) is 0 Å². The first-order valence-corrected chi connectivity index (χ1v) is 8.78. The maximum absolute atomic E-state index is 12.6. The first-order chi connectivity index (χ1) is 12.9. The van der Waals surface area contributed by atoms with E-state index in [1.807, 2.05) is 20.2 Å². The lowest BCUT2D eigenvalue weighted by Crippen LogP contribution is -2.20. The quantitative estimate of drug-likeness (QED) is 0.891. The Morgan fingerprint density at radius 1 is 1.04 bits per heavy atom. The van der Waals surface area contributed by atoms with E-state index in [4.69, 9.17) is 14.2 Å². The highest BCUT2D eigenvalue weighted by Gasteiger charge is 2.29. The molecule has 0 bridgehead atoms. The zero-order chi connectivity index (χ0) is 19.7. The fourth-order valence-corrected chi connectivity index (χ4v) is 3.85. The van der Waals surface area contributed by atoms with Crippen LogP contribution in [0.2, 0.25) is 0 Å². The SMILES string of the molecule is COc1c(O)cc2c(c1OC)-c1ccc(OC)c(=O)cc1[C@@H](N(C)C)CC2. The van der Waals surface area contributed by atoms with Gasteiger partial charge in [0.05, 0.1) is 21.3 Å². The fraction of sp³-hybridized carbons (Fsp3) is 0.381. The number of benzene rings is 1. The van der Waals surface area contributed by atoms with E-state index in [1.165, 1.54) is 14.2 Å². The summed E-state index contributed by atoms with van der Waals surface area (Å²) < 4.78 is 16.3. The standard InChI is InChI=1S/C21H25NO5/c1-22(2)15-8-6-12-10-17(24)20(26-4)21(27-5)19(12)13-7-9-18(25-3)16(23)11-14(13)15/h7,9-11,15,24H,6,8H2,1-5H3/t15-/m0/s1. The number of fused-ring (bicyclic) bond motifs is 3. The van der Waals surface area contributed by atoms with Crippen molar-refractivity contribution in [2.24, 2.45) is 0 Å². The molecule has 144 valence electrons. The van der Waals surface area contributed by atoms with Crippen molar-refractivity contribution in [2.45, 2.75) is 18.9 Å². The minimum atomic E-state index is -0.168. The van der Waals surface area contributed by atoms with Gasteiger partial charge in [0.2, 0.25) is 11.2 Å². The number of rotatable bonds is 4. The maximum atomic E-state index is 12.6. The molecule has 1 N–H and O–H groups in total. The summed E-state index contributed by atoms with van der Waals surface area (Å²) in [5.74, 6) is 1.07. The third-order valence-corrected chi connectivity index (χ3v) is 5.11. The van der Waals surface area contributed by atoms with Crippen molar-refractivity contribution >= 4 is 0 Å². The van der Waals surface area contributed by atoms with E-state index >= 15 is 0 Å². The number of ether oxygens (including phenoxy) is 3. The number of phenols is 1. The highest BCUT2D eigenvalue weighted by atomic mass is 16.5. The molecule has 27 heavy (non-hydrogen) atoms. The fourth-order valence-electron chi connectivity index (χ4n) is 3.85. The van der Waals surface area contributed by atoms with Gasteiger partial charge < -0.3 is 24.2 Å². The minimum absolute atomic E-state index is 0.0371. The zero-order valence-electron chi connectivity index (χ0n) is 16.3. The molecule has 6 nitrogen and oxygen atoms in total. The number of aromatic hydroxyl groups is 1. The Bertz CT molecular complexity index is 923. The third kappa shape index (κ3) is 3.21. The van der Waals surface area contributed by atoms with Crippen molar-refractivity contribution in [3.63, 3.8) is 0 Å². The molecule has 3 rings (SSSR count). The highest BCUT2D eigenvalue weighted by molar-refractivity contribution is 5.82. The molecule has 2 aromatic carbocycles. The predicted octanol–water partition coefficient (Wildman–Crippen LogP) is 2.99. The number of aryl methyl sites for hydroxylation is 1. The van der Waals surface area contributed by atoms with Crippen LogP contribution in [0.15, 0.2) is 29.1 Å². The normalized spacial score (nSPS) is 15.6. The summed E-state index contributed by atoms with van der Waals surface area (Å²) in [4.78, 5) is 14.7. The van der Waals surface area contributed by atoms with E-state index in [0.717, 1.165) is 35.1 Å². The largest absolute Gasteiger partial charge is 0.504 e. The molecule has 1 atom stereocenters. The van der Waals surface area contributed by atoms with Crippen molar-refractivity contribution in [2.75, 3.05) is 35.4 Å². The summed E-state index contributed by atoms with van der Waals surface area (Å²) in [6, 6.07) is 6.97. The predicted molar refractivity (Wildman–Crippen MR) is 104 cm³/mol. The first kappa shape index (κ1) is 19.0. The highest BCUT2D eigenvalue weighted by Crippen LogP contribution is 2.50. The Morgan fingerprint density at radius 2 is 1.74 bits per heavy atom. The Morgan fingerprint density at radius 3 is 2.33 bits per heavy atom. The van der Waals surface area contributed by atoms with E-state index in [0.29, 0.717) is 5.75 Å². The molecule has 0 amide bonds. The van der Waals surface area contributed by atoms with E-state index in [1.54, 1.807) is 25.3 Å². The summed E-state index contributed by atoms with van der Waals surface area (Å²) >= 11 is 0. The van der Waals surface area contributed by atoms with Crippen LogP contribution < -0.4 is 19.6 Å². The van der Waals surface area contributed by atoms with Crippen LogP contribution in [0.4, 0.5) is 0 Å². The summed E-state index contributed by atoms with van der Waals surface area (Å²) in [7, 11) is 8.52. The van der Waals surface area contributed by atoms with Gasteiger partial charge in [-0.15, -0.1) is 0 Å². The van der Waals surface area contributed by atoms with Gasteiger partial charge in [0, 0.05) is 11.6 Å². The van der Waals surface area contributed by atoms with Gasteiger partial charge in [-0.25, -0.2) is 0 Å². The molecule has 0 aromatic heterocycles. The average Bonchev–Trinajstić information content (AvgIpc) is 2.88. The average molecular weight is 371 g/mol. The van der Waals surface area contributed by atoms with Crippen LogP contribution in [0, 0.1) is 0 Å². The van der Waals surface area contributed by atoms with Crippen LogP contribution in [0.5, 0.6) is 23.0 Å². The maximum Gasteiger partial charge on any atom is 0.220 e. The number of nitrogens with zero attached hydrogens (tertiary/aromatic N) is 1. The molecule has 0 spiro atoms. The molecule has 6 heteroatoms. The third-order valence-electron chi connectivity index (χ3n) is 5.11. The van der Waals surface area contributed by atoms with Crippen LogP contribution in [0.1, 0.15) is 23.6 Å². The van der Waals surface area contributed by atoms with Gasteiger partial charge >= 0.3 is 0 Å². The van der Waals surface area contributed by atoms with Crippen molar-refractivity contribution in [1.29, 1.82) is 0 Å². The molecule has 2 aromatic rings. The molecule has 0 saturated carbocycles. The van der Waals surface area contributed by atoms with E-state index in [9.17, 15) is 9.90 Å². The van der Waals surface area contributed by atoms with Crippen LogP contribution in [-0.2, 0) is 6.42 Å². The van der Waals surface area contributed by atoms with Gasteiger partial charge in [-0.2, -0.15) is 0 Å². The molecule has 0 saturated heterocycles. The molecule has 1 aliphatic rings. The lowest BCUT2D eigenvalue weighted by atomic mass is 9.95. The molecule has 0 heterocycles. The summed E-state index contributed by atoms with van der Waals surface area (Å²) in [6.45, 7) is 0. The van der Waals surface area contributed by atoms with Crippen molar-refractivity contribution < 1.29 is 19.3 Å². The van der Waals surface area contributed by atoms with Crippen molar-refractivity contribution in [1.82, 2.24) is 4.90 Å². The summed E-state index contributed by atoms with van der Waals surface area (Å²) in [5, 5.41) is 10.4. The van der Waals surface area contributed by atoms with Crippen LogP contribution in [-0.4, -0.2) is 45.4 Å². The second-order valence-corrected chi connectivity index (χ2v) is 6.79. The topological polar surface area (TPSA) is 68.2 Å². The van der Waals surface area contributed by atoms with E-state index < -0.39 is 0 Å². The van der Waals surface area contributed by atoms with Crippen LogP contribution >= 0.6 is 0 Å². The number of hydrogen-bond donors (Lipinski definition) is 1. The first-order valence-electron chi connectivity index (χ1n) is 8.78. The summed E-state index contributed by atoms with van der Waals surface area (Å²) in [6.07, 6.45) is 1.53. The number of methoxy groups -OCH3 is 3. The lowest BCUT2D eigenvalue weighted by Gasteiger charge is -2.24. The molecular formula is C21H25NO5. The molecular weight excluding hydrogens is 346 g/mol. The second kappa shape index (κ2) is 7.48. The van der Waals surface area contributed by atoms with Crippen molar-refractivity contribution in [3.8, 4) is 34.1 Å². The molecule has 0 unspecified atom stereocenters. The molecule has 0 radical (unpaired) electrons. The zero-order valence-corrected chi connectivity index (χ0v) is 16.3. The van der Waals surface area contributed by atoms with Gasteiger partial charge in [-0.05, 0) is 61.8 Å². The van der Waals surface area contributed by atoms with Gasteiger partial charge in [-0.3, -0.25) is 4.79 Å².